The van der Waals surface area contributed by atoms with Gasteiger partial charge in [0.25, 0.3) is 0 Å². The molecule has 0 amide bonds. The zero-order valence-electron chi connectivity index (χ0n) is 14.4. The summed E-state index contributed by atoms with van der Waals surface area (Å²) in [4.78, 5) is 8.91. The topological polar surface area (TPSA) is 43.8 Å². The van der Waals surface area contributed by atoms with E-state index in [1.54, 1.807) is 6.20 Å². The van der Waals surface area contributed by atoms with E-state index in [2.05, 4.69) is 55.6 Å². The van der Waals surface area contributed by atoms with Crippen LogP contribution in [-0.2, 0) is 6.54 Å². The van der Waals surface area contributed by atoms with Gasteiger partial charge in [-0.3, -0.25) is 15.3 Å². The molecule has 1 N–H and O–H groups in total. The molecular weight excluding hydrogens is 330 g/mol. The van der Waals surface area contributed by atoms with Crippen LogP contribution >= 0.6 is 12.2 Å². The summed E-state index contributed by atoms with van der Waals surface area (Å²) in [5, 5.41) is 5.04. The molecule has 0 saturated carbocycles. The molecule has 0 atom stereocenters. The third-order valence-electron chi connectivity index (χ3n) is 4.26. The van der Waals surface area contributed by atoms with E-state index in [1.807, 2.05) is 25.1 Å². The van der Waals surface area contributed by atoms with E-state index in [-0.39, 0.29) is 0 Å². The molecule has 3 rings (SSSR count). The molecule has 130 valence electrons. The van der Waals surface area contributed by atoms with Gasteiger partial charge in [0.15, 0.2) is 5.11 Å². The Hall–Kier alpha value is -2.31. The Morgan fingerprint density at radius 2 is 1.80 bits per heavy atom. The van der Waals surface area contributed by atoms with Crippen LogP contribution in [0.5, 0.6) is 0 Å². The number of hydrogen-bond donors (Lipinski definition) is 1. The highest BCUT2D eigenvalue weighted by Crippen LogP contribution is 2.08. The van der Waals surface area contributed by atoms with Crippen LogP contribution in [0.4, 0.5) is 0 Å². The van der Waals surface area contributed by atoms with Gasteiger partial charge in [-0.2, -0.15) is 5.10 Å². The number of thiocarbonyl (C=S) groups is 1. The molecule has 0 spiro atoms. The SMILES string of the molecule is CC(=NNC(=S)N1CCN(Cc2ccccc2)CC1)c1ccccn1. The third kappa shape index (κ3) is 5.08. The van der Waals surface area contributed by atoms with Crippen molar-refractivity contribution in [1.29, 1.82) is 0 Å². The van der Waals surface area contributed by atoms with E-state index < -0.39 is 0 Å². The molecule has 0 aliphatic carbocycles. The first-order valence-electron chi connectivity index (χ1n) is 8.49. The molecule has 1 aliphatic rings. The lowest BCUT2D eigenvalue weighted by Gasteiger charge is -2.35. The van der Waals surface area contributed by atoms with Crippen molar-refractivity contribution in [1.82, 2.24) is 20.2 Å². The van der Waals surface area contributed by atoms with Crippen LogP contribution in [-0.4, -0.2) is 51.8 Å². The van der Waals surface area contributed by atoms with Crippen molar-refractivity contribution < 1.29 is 0 Å². The summed E-state index contributed by atoms with van der Waals surface area (Å²) in [5.74, 6) is 0. The fraction of sp³-hybridized carbons (Fsp3) is 0.316. The van der Waals surface area contributed by atoms with Crippen LogP contribution in [0.3, 0.4) is 0 Å². The Balaban J connectivity index is 1.47. The molecule has 2 heterocycles. The highest BCUT2D eigenvalue weighted by molar-refractivity contribution is 7.80. The van der Waals surface area contributed by atoms with Gasteiger partial charge in [-0.15, -0.1) is 0 Å². The maximum Gasteiger partial charge on any atom is 0.189 e. The van der Waals surface area contributed by atoms with Crippen molar-refractivity contribution in [3.63, 3.8) is 0 Å². The van der Waals surface area contributed by atoms with Crippen molar-refractivity contribution in [2.75, 3.05) is 26.2 Å². The van der Waals surface area contributed by atoms with Crippen molar-refractivity contribution in [2.24, 2.45) is 5.10 Å². The normalized spacial score (nSPS) is 15.9. The number of aromatic nitrogens is 1. The van der Waals surface area contributed by atoms with Crippen LogP contribution in [0.15, 0.2) is 59.8 Å². The molecule has 5 nitrogen and oxygen atoms in total. The standard InChI is InChI=1S/C19H23N5S/c1-16(18-9-5-6-10-20-18)21-22-19(25)24-13-11-23(12-14-24)15-17-7-3-2-4-8-17/h2-10H,11-15H2,1H3,(H,22,25). The Bertz CT molecular complexity index is 709. The number of hydrogen-bond acceptors (Lipinski definition) is 4. The zero-order chi connectivity index (χ0) is 17.5. The van der Waals surface area contributed by atoms with Gasteiger partial charge in [-0.25, -0.2) is 0 Å². The highest BCUT2D eigenvalue weighted by Gasteiger charge is 2.18. The molecule has 1 saturated heterocycles. The largest absolute Gasteiger partial charge is 0.345 e. The van der Waals surface area contributed by atoms with E-state index in [0.29, 0.717) is 5.11 Å². The Morgan fingerprint density at radius 3 is 2.48 bits per heavy atom. The van der Waals surface area contributed by atoms with E-state index in [4.69, 9.17) is 12.2 Å². The summed E-state index contributed by atoms with van der Waals surface area (Å²) in [6.45, 7) is 6.74. The number of nitrogens with one attached hydrogen (secondary N) is 1. The molecule has 1 aromatic carbocycles. The Kier molecular flexibility index (Phi) is 6.09. The van der Waals surface area contributed by atoms with Gasteiger partial charge < -0.3 is 4.90 Å². The second-order valence-electron chi connectivity index (χ2n) is 6.08. The van der Waals surface area contributed by atoms with E-state index in [9.17, 15) is 0 Å². The molecule has 6 heteroatoms. The molecule has 0 bridgehead atoms. The van der Waals surface area contributed by atoms with Crippen LogP contribution in [0.2, 0.25) is 0 Å². The number of nitrogens with zero attached hydrogens (tertiary/aromatic N) is 4. The van der Waals surface area contributed by atoms with Crippen LogP contribution in [0.25, 0.3) is 0 Å². The number of benzene rings is 1. The van der Waals surface area contributed by atoms with Gasteiger partial charge >= 0.3 is 0 Å². The maximum absolute atomic E-state index is 5.48. The number of piperazine rings is 1. The number of hydrazone groups is 1. The maximum atomic E-state index is 5.48. The molecule has 25 heavy (non-hydrogen) atoms. The molecule has 0 radical (unpaired) electrons. The predicted molar refractivity (Wildman–Crippen MR) is 105 cm³/mol. The smallest absolute Gasteiger partial charge is 0.189 e. The highest BCUT2D eigenvalue weighted by atomic mass is 32.1. The third-order valence-corrected chi connectivity index (χ3v) is 4.61. The van der Waals surface area contributed by atoms with E-state index in [0.717, 1.165) is 44.1 Å². The molecule has 1 fully saturated rings. The second-order valence-corrected chi connectivity index (χ2v) is 6.46. The zero-order valence-corrected chi connectivity index (χ0v) is 15.2. The molecule has 2 aromatic rings. The van der Waals surface area contributed by atoms with Crippen LogP contribution in [0, 0.1) is 0 Å². The summed E-state index contributed by atoms with van der Waals surface area (Å²) >= 11 is 5.48. The van der Waals surface area contributed by atoms with E-state index >= 15 is 0 Å². The van der Waals surface area contributed by atoms with Crippen molar-refractivity contribution >= 4 is 23.0 Å². The number of pyridine rings is 1. The predicted octanol–water partition coefficient (Wildman–Crippen LogP) is 2.50. The van der Waals surface area contributed by atoms with E-state index in [1.165, 1.54) is 5.56 Å². The molecule has 0 unspecified atom stereocenters. The van der Waals surface area contributed by atoms with Gasteiger partial charge in [0.05, 0.1) is 11.4 Å². The van der Waals surface area contributed by atoms with Gasteiger partial charge in [0.1, 0.15) is 0 Å². The first kappa shape index (κ1) is 17.5. The lowest BCUT2D eigenvalue weighted by molar-refractivity contribution is 0.174. The summed E-state index contributed by atoms with van der Waals surface area (Å²) in [6, 6.07) is 16.4. The van der Waals surface area contributed by atoms with Crippen molar-refractivity contribution in [3.8, 4) is 0 Å². The first-order chi connectivity index (χ1) is 12.2. The van der Waals surface area contributed by atoms with Gasteiger partial charge in [-0.1, -0.05) is 36.4 Å². The molecular formula is C19H23N5S. The number of rotatable bonds is 4. The summed E-state index contributed by atoms with van der Waals surface area (Å²) in [5.41, 5.74) is 6.03. The monoisotopic (exact) mass is 353 g/mol. The molecule has 1 aliphatic heterocycles. The van der Waals surface area contributed by atoms with Crippen LogP contribution < -0.4 is 5.43 Å². The van der Waals surface area contributed by atoms with Crippen molar-refractivity contribution in [2.45, 2.75) is 13.5 Å². The van der Waals surface area contributed by atoms with Gasteiger partial charge in [-0.05, 0) is 36.8 Å². The minimum absolute atomic E-state index is 0.676. The molecule has 1 aromatic heterocycles. The Labute approximate surface area is 154 Å². The van der Waals surface area contributed by atoms with Gasteiger partial charge in [0.2, 0.25) is 0 Å². The van der Waals surface area contributed by atoms with Crippen molar-refractivity contribution in [3.05, 3.63) is 66.0 Å². The average Bonchev–Trinajstić information content (AvgIpc) is 2.68. The summed E-state index contributed by atoms with van der Waals surface area (Å²) in [6.07, 6.45) is 1.76. The Morgan fingerprint density at radius 1 is 1.08 bits per heavy atom. The summed E-state index contributed by atoms with van der Waals surface area (Å²) in [7, 11) is 0. The second kappa shape index (κ2) is 8.69. The quantitative estimate of drug-likeness (QED) is 0.520. The average molecular weight is 353 g/mol. The van der Waals surface area contributed by atoms with Crippen LogP contribution in [0.1, 0.15) is 18.2 Å². The fourth-order valence-electron chi connectivity index (χ4n) is 2.79. The first-order valence-corrected chi connectivity index (χ1v) is 8.90. The summed E-state index contributed by atoms with van der Waals surface area (Å²) < 4.78 is 0. The lowest BCUT2D eigenvalue weighted by Crippen LogP contribution is -2.50. The van der Waals surface area contributed by atoms with Gasteiger partial charge in [0, 0.05) is 38.9 Å². The fourth-order valence-corrected chi connectivity index (χ4v) is 3.02. The minimum atomic E-state index is 0.676. The lowest BCUT2D eigenvalue weighted by atomic mass is 10.2. The minimum Gasteiger partial charge on any atom is -0.345 e.